The van der Waals surface area contributed by atoms with Crippen molar-refractivity contribution in [2.75, 3.05) is 24.3 Å². The molecule has 3 N–H and O–H groups in total. The number of anilines is 2. The fourth-order valence-electron chi connectivity index (χ4n) is 1.85. The molecular formula is C13H13N3O4. The van der Waals surface area contributed by atoms with Crippen LogP contribution in [0, 0.1) is 0 Å². The Labute approximate surface area is 114 Å². The van der Waals surface area contributed by atoms with Gasteiger partial charge in [0.05, 0.1) is 24.6 Å². The van der Waals surface area contributed by atoms with Crippen molar-refractivity contribution in [2.45, 2.75) is 6.42 Å². The Kier molecular flexibility index (Phi) is 3.16. The molecule has 7 nitrogen and oxygen atoms in total. The predicted octanol–water partition coefficient (Wildman–Crippen LogP) is 1.67. The Bertz CT molecular complexity index is 625. The van der Waals surface area contributed by atoms with Crippen molar-refractivity contribution < 1.29 is 18.8 Å². The number of carbonyl (C=O) groups excluding carboxylic acids is 1. The van der Waals surface area contributed by atoms with E-state index < -0.39 is 5.91 Å². The maximum Gasteiger partial charge on any atom is 0.277 e. The Morgan fingerprint density at radius 1 is 1.25 bits per heavy atom. The summed E-state index contributed by atoms with van der Waals surface area (Å²) in [7, 11) is 0. The van der Waals surface area contributed by atoms with E-state index in [1.165, 1.54) is 12.3 Å². The first-order chi connectivity index (χ1) is 9.74. The van der Waals surface area contributed by atoms with Gasteiger partial charge in [0.1, 0.15) is 6.26 Å². The number of benzene rings is 1. The van der Waals surface area contributed by atoms with E-state index in [-0.39, 0.29) is 5.69 Å². The number of nitrogens with two attached hydrogens (primary N) is 1. The van der Waals surface area contributed by atoms with Crippen LogP contribution < -0.4 is 20.5 Å². The molecule has 0 spiro atoms. The van der Waals surface area contributed by atoms with Crippen molar-refractivity contribution in [3.05, 3.63) is 30.2 Å². The van der Waals surface area contributed by atoms with Crippen molar-refractivity contribution in [3.63, 3.8) is 0 Å². The summed E-state index contributed by atoms with van der Waals surface area (Å²) in [6.07, 6.45) is 2.13. The lowest BCUT2D eigenvalue weighted by atomic mass is 10.2. The quantitative estimate of drug-likeness (QED) is 0.809. The second-order valence-electron chi connectivity index (χ2n) is 4.28. The topological polar surface area (TPSA) is 99.6 Å². The third-order valence-corrected chi connectivity index (χ3v) is 2.84. The molecule has 7 heteroatoms. The number of hydrogen-bond acceptors (Lipinski definition) is 6. The molecule has 0 unspecified atom stereocenters. The first-order valence-corrected chi connectivity index (χ1v) is 6.15. The van der Waals surface area contributed by atoms with Crippen LogP contribution in [0.1, 0.15) is 16.9 Å². The van der Waals surface area contributed by atoms with E-state index in [0.717, 1.165) is 6.42 Å². The third kappa shape index (κ3) is 2.37. The lowest BCUT2D eigenvalue weighted by Crippen LogP contribution is -2.13. The number of fused-ring (bicyclic) bond motifs is 1. The maximum absolute atomic E-state index is 11.9. The molecule has 20 heavy (non-hydrogen) atoms. The van der Waals surface area contributed by atoms with Crippen LogP contribution in [0.2, 0.25) is 0 Å². The molecule has 1 aromatic heterocycles. The van der Waals surface area contributed by atoms with Crippen molar-refractivity contribution in [1.82, 2.24) is 5.16 Å². The predicted molar refractivity (Wildman–Crippen MR) is 70.9 cm³/mol. The molecule has 2 aromatic rings. The second-order valence-corrected chi connectivity index (χ2v) is 4.28. The minimum atomic E-state index is -0.403. The van der Waals surface area contributed by atoms with Gasteiger partial charge in [0, 0.05) is 24.6 Å². The summed E-state index contributed by atoms with van der Waals surface area (Å²) in [5, 5.41) is 6.22. The summed E-state index contributed by atoms with van der Waals surface area (Å²) in [4.78, 5) is 11.9. The van der Waals surface area contributed by atoms with Crippen molar-refractivity contribution in [3.8, 4) is 11.5 Å². The summed E-state index contributed by atoms with van der Waals surface area (Å²) in [6, 6.07) is 4.75. The van der Waals surface area contributed by atoms with Gasteiger partial charge in [-0.2, -0.15) is 0 Å². The molecule has 1 aliphatic heterocycles. The summed E-state index contributed by atoms with van der Waals surface area (Å²) >= 11 is 0. The van der Waals surface area contributed by atoms with E-state index in [1.807, 2.05) is 0 Å². The van der Waals surface area contributed by atoms with Gasteiger partial charge in [0.25, 0.3) is 5.91 Å². The van der Waals surface area contributed by atoms with E-state index in [2.05, 4.69) is 15.0 Å². The van der Waals surface area contributed by atoms with E-state index in [4.69, 9.17) is 15.2 Å². The SMILES string of the molecule is Nc1cc2c(cc1NC(=O)c1ccon1)OCCCO2. The zero-order chi connectivity index (χ0) is 13.9. The largest absolute Gasteiger partial charge is 0.489 e. The molecule has 0 fully saturated rings. The van der Waals surface area contributed by atoms with Crippen molar-refractivity contribution in [2.24, 2.45) is 0 Å². The van der Waals surface area contributed by atoms with E-state index in [0.29, 0.717) is 36.1 Å². The van der Waals surface area contributed by atoms with Gasteiger partial charge in [-0.05, 0) is 0 Å². The monoisotopic (exact) mass is 275 g/mol. The van der Waals surface area contributed by atoms with E-state index in [1.54, 1.807) is 12.1 Å². The van der Waals surface area contributed by atoms with Gasteiger partial charge in [0.15, 0.2) is 17.2 Å². The van der Waals surface area contributed by atoms with Gasteiger partial charge in [-0.15, -0.1) is 0 Å². The number of amides is 1. The highest BCUT2D eigenvalue weighted by Gasteiger charge is 2.16. The molecule has 0 radical (unpaired) electrons. The van der Waals surface area contributed by atoms with E-state index >= 15 is 0 Å². The van der Waals surface area contributed by atoms with Crippen LogP contribution in [0.25, 0.3) is 0 Å². The van der Waals surface area contributed by atoms with E-state index in [9.17, 15) is 4.79 Å². The van der Waals surface area contributed by atoms with Crippen LogP contribution in [0.15, 0.2) is 29.0 Å². The zero-order valence-electron chi connectivity index (χ0n) is 10.6. The summed E-state index contributed by atoms with van der Waals surface area (Å²) in [6.45, 7) is 1.14. The number of nitrogens with one attached hydrogen (secondary N) is 1. The minimum Gasteiger partial charge on any atom is -0.489 e. The molecule has 104 valence electrons. The molecule has 0 saturated heterocycles. The molecule has 0 atom stereocenters. The number of nitrogens with zero attached hydrogens (tertiary/aromatic N) is 1. The molecule has 0 aliphatic carbocycles. The molecule has 0 saturated carbocycles. The minimum absolute atomic E-state index is 0.177. The Balaban J connectivity index is 1.86. The van der Waals surface area contributed by atoms with Crippen molar-refractivity contribution >= 4 is 17.3 Å². The molecule has 1 amide bonds. The average Bonchev–Trinajstić information content (AvgIpc) is 2.88. The van der Waals surface area contributed by atoms with Gasteiger partial charge in [-0.1, -0.05) is 5.16 Å². The lowest BCUT2D eigenvalue weighted by Gasteiger charge is -2.12. The number of nitrogen functional groups attached to an aromatic ring is 1. The van der Waals surface area contributed by atoms with Gasteiger partial charge < -0.3 is 25.0 Å². The number of rotatable bonds is 2. The average molecular weight is 275 g/mol. The van der Waals surface area contributed by atoms with Crippen LogP contribution in [0.3, 0.4) is 0 Å². The molecular weight excluding hydrogens is 262 g/mol. The molecule has 0 bridgehead atoms. The Hall–Kier alpha value is -2.70. The Morgan fingerprint density at radius 3 is 2.70 bits per heavy atom. The number of aromatic nitrogens is 1. The highest BCUT2D eigenvalue weighted by Crippen LogP contribution is 2.36. The second kappa shape index (κ2) is 5.12. The molecule has 2 heterocycles. The van der Waals surface area contributed by atoms with Crippen LogP contribution in [-0.4, -0.2) is 24.3 Å². The fourth-order valence-corrected chi connectivity index (χ4v) is 1.85. The molecule has 1 aliphatic rings. The van der Waals surface area contributed by atoms with Gasteiger partial charge in [0.2, 0.25) is 0 Å². The normalized spacial score (nSPS) is 13.6. The molecule has 1 aromatic carbocycles. The highest BCUT2D eigenvalue weighted by molar-refractivity contribution is 6.04. The van der Waals surface area contributed by atoms with Crippen LogP contribution in [0.4, 0.5) is 11.4 Å². The zero-order valence-corrected chi connectivity index (χ0v) is 10.6. The van der Waals surface area contributed by atoms with Crippen molar-refractivity contribution in [1.29, 1.82) is 0 Å². The van der Waals surface area contributed by atoms with Gasteiger partial charge in [-0.3, -0.25) is 4.79 Å². The maximum atomic E-state index is 11.9. The number of ether oxygens (including phenoxy) is 2. The Morgan fingerprint density at radius 2 is 2.00 bits per heavy atom. The summed E-state index contributed by atoms with van der Waals surface area (Å²) in [5.41, 5.74) is 6.92. The highest BCUT2D eigenvalue weighted by atomic mass is 16.5. The number of carbonyl (C=O) groups is 1. The summed E-state index contributed by atoms with van der Waals surface area (Å²) < 4.78 is 15.7. The fraction of sp³-hybridized carbons (Fsp3) is 0.231. The lowest BCUT2D eigenvalue weighted by molar-refractivity contribution is 0.101. The van der Waals surface area contributed by atoms with Crippen LogP contribution in [-0.2, 0) is 0 Å². The first-order valence-electron chi connectivity index (χ1n) is 6.15. The molecule has 3 rings (SSSR count). The third-order valence-electron chi connectivity index (χ3n) is 2.84. The summed E-state index contributed by atoms with van der Waals surface area (Å²) in [5.74, 6) is 0.742. The van der Waals surface area contributed by atoms with Gasteiger partial charge >= 0.3 is 0 Å². The van der Waals surface area contributed by atoms with Crippen LogP contribution >= 0.6 is 0 Å². The van der Waals surface area contributed by atoms with Crippen LogP contribution in [0.5, 0.6) is 11.5 Å². The smallest absolute Gasteiger partial charge is 0.277 e. The standard InChI is InChI=1S/C13H13N3O4/c14-8-6-11-12(19-4-1-3-18-11)7-10(8)15-13(17)9-2-5-20-16-9/h2,5-7H,1,3-4,14H2,(H,15,17). The van der Waals surface area contributed by atoms with Gasteiger partial charge in [-0.25, -0.2) is 0 Å². The first kappa shape index (κ1) is 12.3. The number of hydrogen-bond donors (Lipinski definition) is 2.